The standard InChI is InChI=1S/C24H47N2/c1-3-5-7-9-11-12-13-15-17-19-21-26-23-22-25(24-26)20-18-16-14-10-8-6-4-2/h22-24H,3-21H2,1-2H3/q+1. The van der Waals surface area contributed by atoms with Crippen LogP contribution in [0.15, 0.2) is 18.7 Å². The number of nitrogens with zero attached hydrogens (tertiary/aromatic N) is 2. The Hall–Kier alpha value is -0.790. The Morgan fingerprint density at radius 3 is 1.58 bits per heavy atom. The van der Waals surface area contributed by atoms with E-state index >= 15 is 0 Å². The maximum atomic E-state index is 2.38. The number of hydrogen-bond acceptors (Lipinski definition) is 0. The Morgan fingerprint density at radius 1 is 0.577 bits per heavy atom. The van der Waals surface area contributed by atoms with Crippen LogP contribution in [-0.4, -0.2) is 4.57 Å². The first-order valence-electron chi connectivity index (χ1n) is 11.9. The summed E-state index contributed by atoms with van der Waals surface area (Å²) in [5, 5.41) is 0. The fraction of sp³-hybridized carbons (Fsp3) is 0.875. The molecule has 0 bridgehead atoms. The number of aryl methyl sites for hydroxylation is 2. The van der Waals surface area contributed by atoms with Crippen LogP contribution in [0, 0.1) is 0 Å². The fourth-order valence-electron chi connectivity index (χ4n) is 3.74. The van der Waals surface area contributed by atoms with Crippen LogP contribution in [0.2, 0.25) is 0 Å². The second kappa shape index (κ2) is 17.6. The number of hydrogen-bond donors (Lipinski definition) is 0. The molecule has 1 rings (SSSR count). The molecule has 152 valence electrons. The third-order valence-corrected chi connectivity index (χ3v) is 5.54. The molecule has 1 aromatic rings. The Morgan fingerprint density at radius 2 is 1.04 bits per heavy atom. The topological polar surface area (TPSA) is 8.81 Å². The minimum absolute atomic E-state index is 1.19. The highest BCUT2D eigenvalue weighted by atomic mass is 15.1. The van der Waals surface area contributed by atoms with Crippen molar-refractivity contribution in [2.45, 2.75) is 136 Å². The van der Waals surface area contributed by atoms with Gasteiger partial charge in [-0.2, -0.15) is 0 Å². The molecule has 1 aromatic heterocycles. The predicted octanol–water partition coefficient (Wildman–Crippen LogP) is 7.45. The molecule has 26 heavy (non-hydrogen) atoms. The molecular formula is C24H47N2+. The Kier molecular flexibility index (Phi) is 15.8. The van der Waals surface area contributed by atoms with Crippen molar-refractivity contribution in [1.82, 2.24) is 4.57 Å². The summed E-state index contributed by atoms with van der Waals surface area (Å²) >= 11 is 0. The van der Waals surface area contributed by atoms with Gasteiger partial charge < -0.3 is 0 Å². The lowest BCUT2D eigenvalue weighted by Gasteiger charge is -2.01. The molecule has 2 nitrogen and oxygen atoms in total. The van der Waals surface area contributed by atoms with Crippen LogP contribution in [0.5, 0.6) is 0 Å². The maximum absolute atomic E-state index is 2.38. The minimum atomic E-state index is 1.19. The van der Waals surface area contributed by atoms with E-state index in [0.717, 1.165) is 0 Å². The van der Waals surface area contributed by atoms with Crippen LogP contribution < -0.4 is 4.57 Å². The second-order valence-corrected chi connectivity index (χ2v) is 8.19. The number of rotatable bonds is 19. The van der Waals surface area contributed by atoms with Crippen LogP contribution in [0.4, 0.5) is 0 Å². The van der Waals surface area contributed by atoms with Crippen LogP contribution in [0.1, 0.15) is 123 Å². The molecule has 0 spiro atoms. The quantitative estimate of drug-likeness (QED) is 0.178. The van der Waals surface area contributed by atoms with E-state index in [4.69, 9.17) is 0 Å². The smallest absolute Gasteiger partial charge is 0.237 e. The van der Waals surface area contributed by atoms with Crippen molar-refractivity contribution >= 4 is 0 Å². The van der Waals surface area contributed by atoms with E-state index in [1.807, 2.05) is 0 Å². The van der Waals surface area contributed by atoms with Crippen molar-refractivity contribution in [3.63, 3.8) is 0 Å². The lowest BCUT2D eigenvalue weighted by molar-refractivity contribution is -0.696. The molecule has 0 unspecified atom stereocenters. The van der Waals surface area contributed by atoms with Gasteiger partial charge in [0.15, 0.2) is 0 Å². The van der Waals surface area contributed by atoms with Gasteiger partial charge in [0.05, 0.1) is 13.1 Å². The molecule has 0 amide bonds. The van der Waals surface area contributed by atoms with Crippen molar-refractivity contribution in [2.75, 3.05) is 0 Å². The lowest BCUT2D eigenvalue weighted by atomic mass is 10.1. The summed E-state index contributed by atoms with van der Waals surface area (Å²) in [6.45, 7) is 6.97. The first kappa shape index (κ1) is 23.2. The van der Waals surface area contributed by atoms with Crippen molar-refractivity contribution < 1.29 is 4.57 Å². The van der Waals surface area contributed by atoms with Gasteiger partial charge in [-0.05, 0) is 25.7 Å². The second-order valence-electron chi connectivity index (χ2n) is 8.19. The molecule has 0 aliphatic heterocycles. The highest BCUT2D eigenvalue weighted by Crippen LogP contribution is 2.11. The largest absolute Gasteiger partial charge is 0.243 e. The van der Waals surface area contributed by atoms with E-state index in [2.05, 4.69) is 41.7 Å². The first-order valence-corrected chi connectivity index (χ1v) is 11.9. The summed E-state index contributed by atoms with van der Waals surface area (Å²) in [4.78, 5) is 0. The van der Waals surface area contributed by atoms with E-state index in [1.54, 1.807) is 0 Å². The normalized spacial score (nSPS) is 11.3. The molecule has 0 saturated heterocycles. The summed E-state index contributed by atoms with van der Waals surface area (Å²) in [6.07, 6.45) is 30.8. The molecule has 0 saturated carbocycles. The molecule has 0 aromatic carbocycles. The van der Waals surface area contributed by atoms with Crippen LogP contribution in [0.25, 0.3) is 0 Å². The van der Waals surface area contributed by atoms with E-state index in [9.17, 15) is 0 Å². The zero-order chi connectivity index (χ0) is 18.7. The van der Waals surface area contributed by atoms with Gasteiger partial charge in [-0.25, -0.2) is 9.13 Å². The highest BCUT2D eigenvalue weighted by molar-refractivity contribution is 4.66. The van der Waals surface area contributed by atoms with E-state index in [-0.39, 0.29) is 0 Å². The average molecular weight is 364 g/mol. The van der Waals surface area contributed by atoms with Gasteiger partial charge >= 0.3 is 0 Å². The molecule has 0 N–H and O–H groups in total. The van der Waals surface area contributed by atoms with Crippen LogP contribution in [-0.2, 0) is 13.1 Å². The Balaban J connectivity index is 1.91. The SMILES string of the molecule is CCCCCCCCCCCCn1cc[n+](CCCCCCCCC)c1. The molecule has 0 atom stereocenters. The lowest BCUT2D eigenvalue weighted by Crippen LogP contribution is -2.30. The third kappa shape index (κ3) is 13.4. The summed E-state index contributed by atoms with van der Waals surface area (Å²) in [7, 11) is 0. The molecule has 0 fully saturated rings. The molecule has 0 aliphatic rings. The van der Waals surface area contributed by atoms with Crippen molar-refractivity contribution in [3.05, 3.63) is 18.7 Å². The highest BCUT2D eigenvalue weighted by Gasteiger charge is 2.03. The predicted molar refractivity (Wildman–Crippen MR) is 114 cm³/mol. The third-order valence-electron chi connectivity index (χ3n) is 5.54. The van der Waals surface area contributed by atoms with Gasteiger partial charge in [-0.1, -0.05) is 97.3 Å². The van der Waals surface area contributed by atoms with Crippen LogP contribution >= 0.6 is 0 Å². The molecule has 2 heteroatoms. The summed E-state index contributed by atoms with van der Waals surface area (Å²) < 4.78 is 4.76. The monoisotopic (exact) mass is 363 g/mol. The fourth-order valence-corrected chi connectivity index (χ4v) is 3.74. The Bertz CT molecular complexity index is 397. The van der Waals surface area contributed by atoms with Crippen molar-refractivity contribution in [1.29, 1.82) is 0 Å². The van der Waals surface area contributed by atoms with Gasteiger partial charge in [0.1, 0.15) is 12.4 Å². The van der Waals surface area contributed by atoms with Crippen LogP contribution in [0.3, 0.4) is 0 Å². The van der Waals surface area contributed by atoms with Crippen molar-refractivity contribution in [3.8, 4) is 0 Å². The van der Waals surface area contributed by atoms with Gasteiger partial charge in [-0.3, -0.25) is 0 Å². The van der Waals surface area contributed by atoms with E-state index < -0.39 is 0 Å². The number of aromatic nitrogens is 2. The summed E-state index contributed by atoms with van der Waals surface area (Å²) in [5.74, 6) is 0. The summed E-state index contributed by atoms with van der Waals surface area (Å²) in [5.41, 5.74) is 0. The van der Waals surface area contributed by atoms with E-state index in [0.29, 0.717) is 0 Å². The van der Waals surface area contributed by atoms with Crippen molar-refractivity contribution in [2.24, 2.45) is 0 Å². The zero-order valence-corrected chi connectivity index (χ0v) is 18.1. The number of unbranched alkanes of at least 4 members (excludes halogenated alkanes) is 15. The molecule has 0 aliphatic carbocycles. The molecular weight excluding hydrogens is 316 g/mol. The zero-order valence-electron chi connectivity index (χ0n) is 18.1. The van der Waals surface area contributed by atoms with E-state index in [1.165, 1.54) is 122 Å². The van der Waals surface area contributed by atoms with Gasteiger partial charge in [0, 0.05) is 0 Å². The molecule has 0 radical (unpaired) electrons. The minimum Gasteiger partial charge on any atom is -0.237 e. The maximum Gasteiger partial charge on any atom is 0.243 e. The Labute approximate surface area is 164 Å². The average Bonchev–Trinajstić information content (AvgIpc) is 3.10. The number of imidazole rings is 1. The first-order chi connectivity index (χ1) is 12.9. The molecule has 1 heterocycles. The van der Waals surface area contributed by atoms with Gasteiger partial charge in [0.25, 0.3) is 0 Å². The summed E-state index contributed by atoms with van der Waals surface area (Å²) in [6, 6.07) is 0. The van der Waals surface area contributed by atoms with Gasteiger partial charge in [-0.15, -0.1) is 0 Å². The van der Waals surface area contributed by atoms with Gasteiger partial charge in [0.2, 0.25) is 6.33 Å².